The van der Waals surface area contributed by atoms with E-state index in [2.05, 4.69) is 24.3 Å². The zero-order chi connectivity index (χ0) is 12.8. The maximum absolute atomic E-state index is 8.81. The average Bonchev–Trinajstić information content (AvgIpc) is 2.42. The predicted molar refractivity (Wildman–Crippen MR) is 71.6 cm³/mol. The van der Waals surface area contributed by atoms with Crippen LogP contribution in [0.15, 0.2) is 48.5 Å². The second-order valence-corrected chi connectivity index (χ2v) is 4.13. The van der Waals surface area contributed by atoms with Gasteiger partial charge in [-0.2, -0.15) is 5.26 Å². The maximum atomic E-state index is 8.81. The van der Waals surface area contributed by atoms with Gasteiger partial charge in [-0.3, -0.25) is 0 Å². The summed E-state index contributed by atoms with van der Waals surface area (Å²) in [7, 11) is 1.66. The molecule has 0 radical (unpaired) electrons. The molecule has 2 nitrogen and oxygen atoms in total. The summed E-state index contributed by atoms with van der Waals surface area (Å²) in [6, 6.07) is 18.3. The van der Waals surface area contributed by atoms with Crippen molar-refractivity contribution in [2.24, 2.45) is 0 Å². The summed E-state index contributed by atoms with van der Waals surface area (Å²) in [5, 5.41) is 8.81. The molecule has 0 fully saturated rings. The minimum Gasteiger partial charge on any atom is -0.497 e. The summed E-state index contributed by atoms with van der Waals surface area (Å²) >= 11 is 0. The van der Waals surface area contributed by atoms with Gasteiger partial charge in [0, 0.05) is 0 Å². The van der Waals surface area contributed by atoms with Crippen molar-refractivity contribution in [2.45, 2.75) is 12.8 Å². The third-order valence-corrected chi connectivity index (χ3v) is 2.94. The molecule has 0 N–H and O–H groups in total. The molecular formula is C16H15NO. The van der Waals surface area contributed by atoms with Crippen LogP contribution in [0.3, 0.4) is 0 Å². The highest BCUT2D eigenvalue weighted by molar-refractivity contribution is 5.36. The van der Waals surface area contributed by atoms with E-state index in [1.807, 2.05) is 30.3 Å². The third kappa shape index (κ3) is 2.89. The quantitative estimate of drug-likeness (QED) is 0.817. The molecule has 0 aliphatic carbocycles. The van der Waals surface area contributed by atoms with Crippen molar-refractivity contribution >= 4 is 0 Å². The topological polar surface area (TPSA) is 33.0 Å². The van der Waals surface area contributed by atoms with Gasteiger partial charge in [0.2, 0.25) is 0 Å². The number of nitrogens with zero attached hydrogens (tertiary/aromatic N) is 1. The van der Waals surface area contributed by atoms with Crippen LogP contribution in [0, 0.1) is 11.3 Å². The van der Waals surface area contributed by atoms with E-state index in [0.717, 1.165) is 17.7 Å². The largest absolute Gasteiger partial charge is 0.497 e. The van der Waals surface area contributed by atoms with Gasteiger partial charge in [-0.05, 0) is 35.2 Å². The van der Waals surface area contributed by atoms with Gasteiger partial charge in [0.05, 0.1) is 19.6 Å². The van der Waals surface area contributed by atoms with E-state index in [1.165, 1.54) is 11.1 Å². The summed E-state index contributed by atoms with van der Waals surface area (Å²) in [6.07, 6.45) is 1.31. The van der Waals surface area contributed by atoms with Gasteiger partial charge < -0.3 is 4.74 Å². The monoisotopic (exact) mass is 237 g/mol. The molecule has 0 spiro atoms. The fourth-order valence-electron chi connectivity index (χ4n) is 1.95. The number of hydrogen-bond acceptors (Lipinski definition) is 2. The molecule has 2 heteroatoms. The third-order valence-electron chi connectivity index (χ3n) is 2.94. The highest BCUT2D eigenvalue weighted by atomic mass is 16.5. The molecule has 0 aromatic heterocycles. The number of ether oxygens (including phenoxy) is 1. The van der Waals surface area contributed by atoms with Crippen molar-refractivity contribution in [2.75, 3.05) is 7.11 Å². The first-order valence-corrected chi connectivity index (χ1v) is 5.90. The highest BCUT2D eigenvalue weighted by Gasteiger charge is 2.02. The lowest BCUT2D eigenvalue weighted by molar-refractivity contribution is 0.414. The van der Waals surface area contributed by atoms with Crippen LogP contribution in [0.5, 0.6) is 5.75 Å². The van der Waals surface area contributed by atoms with Crippen molar-refractivity contribution in [1.29, 1.82) is 5.26 Å². The van der Waals surface area contributed by atoms with E-state index in [9.17, 15) is 0 Å². The Morgan fingerprint density at radius 2 is 1.67 bits per heavy atom. The minimum atomic E-state index is 0.465. The number of benzene rings is 2. The summed E-state index contributed by atoms with van der Waals surface area (Å²) in [6.45, 7) is 0. The Hall–Kier alpha value is -2.27. The molecular weight excluding hydrogens is 222 g/mol. The van der Waals surface area contributed by atoms with Crippen LogP contribution in [0.25, 0.3) is 0 Å². The van der Waals surface area contributed by atoms with E-state index in [1.54, 1.807) is 7.11 Å². The van der Waals surface area contributed by atoms with E-state index in [4.69, 9.17) is 10.00 Å². The van der Waals surface area contributed by atoms with E-state index in [0.29, 0.717) is 6.42 Å². The summed E-state index contributed by atoms with van der Waals surface area (Å²) in [5.74, 6) is 0.865. The molecule has 0 bridgehead atoms. The van der Waals surface area contributed by atoms with Gasteiger partial charge in [-0.15, -0.1) is 0 Å². The van der Waals surface area contributed by atoms with Gasteiger partial charge >= 0.3 is 0 Å². The second kappa shape index (κ2) is 5.88. The van der Waals surface area contributed by atoms with Crippen LogP contribution >= 0.6 is 0 Å². The fraction of sp³-hybridized carbons (Fsp3) is 0.188. The average molecular weight is 237 g/mol. The van der Waals surface area contributed by atoms with Gasteiger partial charge in [0.1, 0.15) is 5.75 Å². The number of methoxy groups -OCH3 is 1. The Bertz CT molecular complexity index is 552. The summed E-state index contributed by atoms with van der Waals surface area (Å²) in [5.41, 5.74) is 3.54. The van der Waals surface area contributed by atoms with Crippen molar-refractivity contribution in [3.05, 3.63) is 65.2 Å². The highest BCUT2D eigenvalue weighted by Crippen LogP contribution is 2.17. The second-order valence-electron chi connectivity index (χ2n) is 4.13. The van der Waals surface area contributed by atoms with E-state index >= 15 is 0 Å². The molecule has 0 heterocycles. The predicted octanol–water partition coefficient (Wildman–Crippen LogP) is 3.35. The van der Waals surface area contributed by atoms with Gasteiger partial charge in [-0.25, -0.2) is 0 Å². The lowest BCUT2D eigenvalue weighted by Gasteiger charge is -2.07. The number of rotatable bonds is 4. The normalized spacial score (nSPS) is 9.78. The molecule has 0 unspecified atom stereocenters. The molecule has 18 heavy (non-hydrogen) atoms. The molecule has 0 saturated carbocycles. The molecule has 2 aromatic carbocycles. The van der Waals surface area contributed by atoms with E-state index < -0.39 is 0 Å². The molecule has 0 aliphatic heterocycles. The van der Waals surface area contributed by atoms with Crippen LogP contribution < -0.4 is 4.74 Å². The van der Waals surface area contributed by atoms with Crippen LogP contribution in [-0.4, -0.2) is 7.11 Å². The Balaban J connectivity index is 2.20. The molecule has 90 valence electrons. The zero-order valence-electron chi connectivity index (χ0n) is 10.4. The van der Waals surface area contributed by atoms with Crippen LogP contribution in [-0.2, 0) is 12.8 Å². The van der Waals surface area contributed by atoms with Crippen molar-refractivity contribution < 1.29 is 4.74 Å². The molecule has 0 atom stereocenters. The molecule has 2 aromatic rings. The Kier molecular flexibility index (Phi) is 3.98. The SMILES string of the molecule is COc1ccc(Cc2ccccc2CC#N)cc1. The lowest BCUT2D eigenvalue weighted by Crippen LogP contribution is -1.95. The first-order chi connectivity index (χ1) is 8.83. The van der Waals surface area contributed by atoms with Gasteiger partial charge in [0.15, 0.2) is 0 Å². The van der Waals surface area contributed by atoms with E-state index in [-0.39, 0.29) is 0 Å². The van der Waals surface area contributed by atoms with Crippen molar-refractivity contribution in [1.82, 2.24) is 0 Å². The smallest absolute Gasteiger partial charge is 0.118 e. The molecule has 2 rings (SSSR count). The molecule has 0 amide bonds. The van der Waals surface area contributed by atoms with Crippen LogP contribution in [0.1, 0.15) is 16.7 Å². The maximum Gasteiger partial charge on any atom is 0.118 e. The first-order valence-electron chi connectivity index (χ1n) is 5.90. The fourth-order valence-corrected chi connectivity index (χ4v) is 1.95. The van der Waals surface area contributed by atoms with Crippen molar-refractivity contribution in [3.8, 4) is 11.8 Å². The van der Waals surface area contributed by atoms with Gasteiger partial charge in [-0.1, -0.05) is 36.4 Å². The summed E-state index contributed by atoms with van der Waals surface area (Å²) in [4.78, 5) is 0. The number of nitriles is 1. The first kappa shape index (κ1) is 12.2. The minimum absolute atomic E-state index is 0.465. The Labute approximate surface area is 107 Å². The molecule has 0 saturated heterocycles. The van der Waals surface area contributed by atoms with Crippen molar-refractivity contribution in [3.63, 3.8) is 0 Å². The summed E-state index contributed by atoms with van der Waals surface area (Å²) < 4.78 is 5.14. The lowest BCUT2D eigenvalue weighted by atomic mass is 9.98. The Morgan fingerprint density at radius 1 is 1.00 bits per heavy atom. The standard InChI is InChI=1S/C16H15NO/c1-18-16-8-6-13(7-9-16)12-15-5-3-2-4-14(15)10-11-17/h2-9H,10,12H2,1H3. The molecule has 0 aliphatic rings. The number of hydrogen-bond donors (Lipinski definition) is 0. The van der Waals surface area contributed by atoms with Crippen LogP contribution in [0.2, 0.25) is 0 Å². The zero-order valence-corrected chi connectivity index (χ0v) is 10.4. The van der Waals surface area contributed by atoms with Crippen LogP contribution in [0.4, 0.5) is 0 Å². The van der Waals surface area contributed by atoms with Gasteiger partial charge in [0.25, 0.3) is 0 Å². The Morgan fingerprint density at radius 3 is 2.28 bits per heavy atom.